The van der Waals surface area contributed by atoms with Crippen LogP contribution in [0.15, 0.2) is 36.4 Å². The number of rotatable bonds is 5. The highest BCUT2D eigenvalue weighted by atomic mass is 32.1. The van der Waals surface area contributed by atoms with Crippen LogP contribution in [0.2, 0.25) is 0 Å². The largest absolute Gasteiger partial charge is 0.367 e. The van der Waals surface area contributed by atoms with E-state index in [2.05, 4.69) is 5.43 Å². The molecular weight excluding hydrogens is 277 g/mol. The molecule has 0 saturated carbocycles. The number of nitrogens with zero attached hydrogens (tertiary/aromatic N) is 1. The maximum Gasteiger partial charge on any atom is 0.275 e. The van der Waals surface area contributed by atoms with Crippen molar-refractivity contribution in [1.82, 2.24) is 5.43 Å². The zero-order valence-corrected chi connectivity index (χ0v) is 11.9. The summed E-state index contributed by atoms with van der Waals surface area (Å²) in [7, 11) is 0. The predicted molar refractivity (Wildman–Crippen MR) is 79.1 cm³/mol. The molecule has 6 heteroatoms. The number of hydrogen-bond acceptors (Lipinski definition) is 4. The second-order valence-electron chi connectivity index (χ2n) is 4.23. The number of nitrogens with two attached hydrogens (primary N) is 1. The quantitative estimate of drug-likeness (QED) is 0.506. The van der Waals surface area contributed by atoms with E-state index >= 15 is 0 Å². The van der Waals surface area contributed by atoms with Crippen LogP contribution in [0.4, 0.5) is 10.1 Å². The molecule has 0 unspecified atom stereocenters. The van der Waals surface area contributed by atoms with Crippen LogP contribution < -0.4 is 16.2 Å². The molecule has 1 aromatic heterocycles. The Bertz CT molecular complexity index is 600. The highest BCUT2D eigenvalue weighted by Gasteiger charge is 2.11. The van der Waals surface area contributed by atoms with Crippen LogP contribution in [0.25, 0.3) is 0 Å². The molecule has 0 radical (unpaired) electrons. The second kappa shape index (κ2) is 6.49. The fourth-order valence-corrected chi connectivity index (χ4v) is 2.83. The van der Waals surface area contributed by atoms with E-state index in [4.69, 9.17) is 5.84 Å². The van der Waals surface area contributed by atoms with Gasteiger partial charge in [0.25, 0.3) is 5.91 Å². The van der Waals surface area contributed by atoms with Crippen molar-refractivity contribution in [2.24, 2.45) is 5.84 Å². The summed E-state index contributed by atoms with van der Waals surface area (Å²) in [6.45, 7) is 3.38. The van der Waals surface area contributed by atoms with Crippen LogP contribution >= 0.6 is 11.3 Å². The van der Waals surface area contributed by atoms with Crippen molar-refractivity contribution in [3.63, 3.8) is 0 Å². The van der Waals surface area contributed by atoms with Crippen molar-refractivity contribution < 1.29 is 9.18 Å². The molecule has 1 aromatic carbocycles. The van der Waals surface area contributed by atoms with E-state index < -0.39 is 0 Å². The van der Waals surface area contributed by atoms with E-state index in [1.54, 1.807) is 12.1 Å². The van der Waals surface area contributed by atoms with E-state index in [9.17, 15) is 9.18 Å². The summed E-state index contributed by atoms with van der Waals surface area (Å²) in [4.78, 5) is 15.0. The van der Waals surface area contributed by atoms with Crippen molar-refractivity contribution in [3.05, 3.63) is 52.0 Å². The maximum absolute atomic E-state index is 13.3. The number of amides is 1. The van der Waals surface area contributed by atoms with Gasteiger partial charge in [0.05, 0.1) is 11.4 Å². The standard InChI is InChI=1S/C14H16FN3OS/c1-2-18(11-5-3-4-10(15)8-11)9-12-6-7-13(20-12)14(19)17-16/h3-8H,2,9,16H2,1H3,(H,17,19). The number of carbonyl (C=O) groups excluding carboxylic acids is 1. The zero-order chi connectivity index (χ0) is 14.5. The molecule has 2 aromatic rings. The number of halogens is 1. The lowest BCUT2D eigenvalue weighted by Crippen LogP contribution is -2.29. The molecule has 0 bridgehead atoms. The van der Waals surface area contributed by atoms with Gasteiger partial charge in [0, 0.05) is 17.1 Å². The SMILES string of the molecule is CCN(Cc1ccc(C(=O)NN)s1)c1cccc(F)c1. The third-order valence-corrected chi connectivity index (χ3v) is 3.99. The lowest BCUT2D eigenvalue weighted by molar-refractivity contribution is 0.0957. The first-order valence-electron chi connectivity index (χ1n) is 6.24. The second-order valence-corrected chi connectivity index (χ2v) is 5.40. The first-order valence-corrected chi connectivity index (χ1v) is 7.06. The Morgan fingerprint density at radius 1 is 1.40 bits per heavy atom. The summed E-state index contributed by atoms with van der Waals surface area (Å²) in [5.74, 6) is 4.55. The average molecular weight is 293 g/mol. The van der Waals surface area contributed by atoms with Crippen molar-refractivity contribution in [2.45, 2.75) is 13.5 Å². The Morgan fingerprint density at radius 2 is 2.20 bits per heavy atom. The molecule has 1 amide bonds. The molecule has 2 rings (SSSR count). The fourth-order valence-electron chi connectivity index (χ4n) is 1.90. The molecule has 106 valence electrons. The topological polar surface area (TPSA) is 58.4 Å². The smallest absolute Gasteiger partial charge is 0.275 e. The van der Waals surface area contributed by atoms with Crippen molar-refractivity contribution in [1.29, 1.82) is 0 Å². The minimum Gasteiger partial charge on any atom is -0.367 e. The molecule has 0 aliphatic heterocycles. The predicted octanol–water partition coefficient (Wildman–Crippen LogP) is 2.52. The Kier molecular flexibility index (Phi) is 4.70. The minimum atomic E-state index is -0.296. The van der Waals surface area contributed by atoms with Gasteiger partial charge in [-0.1, -0.05) is 6.07 Å². The Morgan fingerprint density at radius 3 is 2.85 bits per heavy atom. The molecule has 0 aliphatic rings. The molecule has 0 saturated heterocycles. The Labute approximate surface area is 121 Å². The lowest BCUT2D eigenvalue weighted by Gasteiger charge is -2.22. The number of hydrogen-bond donors (Lipinski definition) is 2. The molecule has 4 nitrogen and oxygen atoms in total. The van der Waals surface area contributed by atoms with Crippen LogP contribution in [0.5, 0.6) is 0 Å². The van der Waals surface area contributed by atoms with E-state index in [1.807, 2.05) is 24.0 Å². The summed E-state index contributed by atoms with van der Waals surface area (Å²) in [5.41, 5.74) is 2.93. The zero-order valence-electron chi connectivity index (χ0n) is 11.1. The van der Waals surface area contributed by atoms with Gasteiger partial charge in [-0.2, -0.15) is 0 Å². The van der Waals surface area contributed by atoms with Crippen molar-refractivity contribution in [2.75, 3.05) is 11.4 Å². The average Bonchev–Trinajstić information content (AvgIpc) is 2.92. The van der Waals surface area contributed by atoms with Gasteiger partial charge in [-0.3, -0.25) is 10.2 Å². The number of benzene rings is 1. The van der Waals surface area contributed by atoms with Crippen molar-refractivity contribution >= 4 is 22.9 Å². The third kappa shape index (κ3) is 3.34. The van der Waals surface area contributed by atoms with Gasteiger partial charge in [-0.15, -0.1) is 11.3 Å². The van der Waals surface area contributed by atoms with Gasteiger partial charge in [0.2, 0.25) is 0 Å². The normalized spacial score (nSPS) is 10.3. The molecule has 0 fully saturated rings. The van der Waals surface area contributed by atoms with E-state index in [0.29, 0.717) is 11.4 Å². The van der Waals surface area contributed by atoms with E-state index in [-0.39, 0.29) is 11.7 Å². The minimum absolute atomic E-state index is 0.254. The van der Waals surface area contributed by atoms with Gasteiger partial charge in [-0.25, -0.2) is 10.2 Å². The number of nitrogen functional groups attached to an aromatic ring is 1. The van der Waals surface area contributed by atoms with Crippen LogP contribution in [-0.2, 0) is 6.54 Å². The summed E-state index contributed by atoms with van der Waals surface area (Å²) in [6.07, 6.45) is 0. The van der Waals surface area contributed by atoms with Crippen molar-refractivity contribution in [3.8, 4) is 0 Å². The number of carbonyl (C=O) groups is 1. The molecule has 0 spiro atoms. The van der Waals surface area contributed by atoms with Gasteiger partial charge in [0.1, 0.15) is 5.82 Å². The Balaban J connectivity index is 2.14. The number of hydrazine groups is 1. The van der Waals surface area contributed by atoms with Gasteiger partial charge in [-0.05, 0) is 37.3 Å². The number of anilines is 1. The first kappa shape index (κ1) is 14.5. The van der Waals surface area contributed by atoms with Crippen LogP contribution in [0.3, 0.4) is 0 Å². The lowest BCUT2D eigenvalue weighted by atomic mass is 10.2. The Hall–Kier alpha value is -1.92. The fraction of sp³-hybridized carbons (Fsp3) is 0.214. The molecule has 20 heavy (non-hydrogen) atoms. The molecule has 0 aliphatic carbocycles. The van der Waals surface area contributed by atoms with Crippen LogP contribution in [0, 0.1) is 5.82 Å². The van der Waals surface area contributed by atoms with E-state index in [0.717, 1.165) is 17.1 Å². The molecular formula is C14H16FN3OS. The van der Waals surface area contributed by atoms with Gasteiger partial charge >= 0.3 is 0 Å². The number of thiophene rings is 1. The van der Waals surface area contributed by atoms with Gasteiger partial charge in [0.15, 0.2) is 0 Å². The van der Waals surface area contributed by atoms with Crippen LogP contribution in [-0.4, -0.2) is 12.5 Å². The monoisotopic (exact) mass is 293 g/mol. The summed E-state index contributed by atoms with van der Waals surface area (Å²) >= 11 is 1.38. The molecule has 0 atom stereocenters. The van der Waals surface area contributed by atoms with Crippen LogP contribution in [0.1, 0.15) is 21.5 Å². The number of nitrogens with one attached hydrogen (secondary N) is 1. The maximum atomic E-state index is 13.3. The third-order valence-electron chi connectivity index (χ3n) is 2.92. The molecule has 3 N–H and O–H groups in total. The highest BCUT2D eigenvalue weighted by Crippen LogP contribution is 2.22. The highest BCUT2D eigenvalue weighted by molar-refractivity contribution is 7.14. The molecule has 1 heterocycles. The summed E-state index contributed by atoms with van der Waals surface area (Å²) in [5, 5.41) is 0. The summed E-state index contributed by atoms with van der Waals surface area (Å²) < 4.78 is 13.3. The summed E-state index contributed by atoms with van der Waals surface area (Å²) in [6, 6.07) is 10.1. The van der Waals surface area contributed by atoms with E-state index in [1.165, 1.54) is 23.5 Å². The van der Waals surface area contributed by atoms with Gasteiger partial charge < -0.3 is 4.90 Å². The first-order chi connectivity index (χ1) is 9.63.